The second-order valence-corrected chi connectivity index (χ2v) is 4.66. The number of rotatable bonds is 3. The lowest BCUT2D eigenvalue weighted by molar-refractivity contribution is 0.0696. The molecule has 1 aromatic heterocycles. The largest absolute Gasteiger partial charge is 0.478 e. The molecule has 2 aromatic carbocycles. The summed E-state index contributed by atoms with van der Waals surface area (Å²) in [5.74, 6) is -0.973. The fourth-order valence-corrected chi connectivity index (χ4v) is 2.25. The summed E-state index contributed by atoms with van der Waals surface area (Å²) in [6, 6.07) is 21.1. The van der Waals surface area contributed by atoms with Gasteiger partial charge in [0, 0.05) is 17.3 Å². The lowest BCUT2D eigenvalue weighted by atomic mass is 9.98. The fourth-order valence-electron chi connectivity index (χ4n) is 2.25. The molecule has 3 nitrogen and oxygen atoms in total. The predicted molar refractivity (Wildman–Crippen MR) is 82.1 cm³/mol. The molecular formula is C18H13NO2. The van der Waals surface area contributed by atoms with Crippen LogP contribution in [-0.2, 0) is 0 Å². The topological polar surface area (TPSA) is 50.2 Å². The van der Waals surface area contributed by atoms with E-state index in [-0.39, 0.29) is 5.56 Å². The molecule has 21 heavy (non-hydrogen) atoms. The van der Waals surface area contributed by atoms with Crippen LogP contribution in [0.3, 0.4) is 0 Å². The molecule has 3 aromatic rings. The molecule has 0 fully saturated rings. The van der Waals surface area contributed by atoms with Gasteiger partial charge in [-0.2, -0.15) is 0 Å². The van der Waals surface area contributed by atoms with Crippen LogP contribution in [0, 0.1) is 0 Å². The molecule has 0 bridgehead atoms. The van der Waals surface area contributed by atoms with Gasteiger partial charge in [0.25, 0.3) is 0 Å². The zero-order valence-electron chi connectivity index (χ0n) is 11.2. The molecule has 3 rings (SSSR count). The third kappa shape index (κ3) is 2.67. The second kappa shape index (κ2) is 5.59. The van der Waals surface area contributed by atoms with Crippen molar-refractivity contribution in [1.82, 2.24) is 4.98 Å². The molecule has 1 N–H and O–H groups in total. The predicted octanol–water partition coefficient (Wildman–Crippen LogP) is 4.11. The summed E-state index contributed by atoms with van der Waals surface area (Å²) in [4.78, 5) is 15.6. The highest BCUT2D eigenvalue weighted by Crippen LogP contribution is 2.30. The number of benzene rings is 2. The Labute approximate surface area is 122 Å². The molecular weight excluding hydrogens is 262 g/mol. The summed E-state index contributed by atoms with van der Waals surface area (Å²) in [7, 11) is 0. The van der Waals surface area contributed by atoms with Crippen molar-refractivity contribution < 1.29 is 9.90 Å². The molecule has 1 heterocycles. The summed E-state index contributed by atoms with van der Waals surface area (Å²) in [6.07, 6.45) is 1.40. The Balaban J connectivity index is 2.23. The third-order valence-corrected chi connectivity index (χ3v) is 3.27. The van der Waals surface area contributed by atoms with Gasteiger partial charge in [0.15, 0.2) is 0 Å². The Morgan fingerprint density at radius 2 is 1.43 bits per heavy atom. The fraction of sp³-hybridized carbons (Fsp3) is 0. The van der Waals surface area contributed by atoms with E-state index >= 15 is 0 Å². The number of hydrogen-bond donors (Lipinski definition) is 1. The van der Waals surface area contributed by atoms with Crippen LogP contribution in [0.4, 0.5) is 0 Å². The second-order valence-electron chi connectivity index (χ2n) is 4.66. The standard InChI is InChI=1S/C18H13NO2/c20-18(21)15-11-16(13-7-3-1-4-8-13)17(19-12-15)14-9-5-2-6-10-14/h1-12H,(H,20,21). The molecule has 0 amide bonds. The molecule has 0 radical (unpaired) electrons. The number of carboxylic acids is 1. The van der Waals surface area contributed by atoms with Crippen LogP contribution < -0.4 is 0 Å². The Bertz CT molecular complexity index is 768. The SMILES string of the molecule is O=C(O)c1cnc(-c2ccccc2)c(-c2ccccc2)c1. The molecule has 0 aliphatic rings. The van der Waals surface area contributed by atoms with Crippen LogP contribution >= 0.6 is 0 Å². The van der Waals surface area contributed by atoms with Crippen molar-refractivity contribution >= 4 is 5.97 Å². The third-order valence-electron chi connectivity index (χ3n) is 3.27. The Morgan fingerprint density at radius 1 is 0.857 bits per heavy atom. The van der Waals surface area contributed by atoms with Crippen molar-refractivity contribution in [2.45, 2.75) is 0 Å². The average molecular weight is 275 g/mol. The van der Waals surface area contributed by atoms with Crippen molar-refractivity contribution in [3.8, 4) is 22.4 Å². The van der Waals surface area contributed by atoms with E-state index in [9.17, 15) is 9.90 Å². The van der Waals surface area contributed by atoms with Crippen molar-refractivity contribution in [3.63, 3.8) is 0 Å². The molecule has 3 heteroatoms. The maximum absolute atomic E-state index is 11.2. The van der Waals surface area contributed by atoms with Gasteiger partial charge in [-0.3, -0.25) is 4.98 Å². The first-order chi connectivity index (χ1) is 10.3. The minimum Gasteiger partial charge on any atom is -0.478 e. The minimum atomic E-state index is -0.973. The molecule has 0 spiro atoms. The maximum atomic E-state index is 11.2. The van der Waals surface area contributed by atoms with E-state index in [1.165, 1.54) is 6.20 Å². The minimum absolute atomic E-state index is 0.188. The van der Waals surface area contributed by atoms with Crippen LogP contribution in [0.2, 0.25) is 0 Å². The van der Waals surface area contributed by atoms with E-state index in [0.717, 1.165) is 22.4 Å². The zero-order chi connectivity index (χ0) is 14.7. The highest BCUT2D eigenvalue weighted by atomic mass is 16.4. The van der Waals surface area contributed by atoms with Crippen LogP contribution in [0.15, 0.2) is 72.9 Å². The highest BCUT2D eigenvalue weighted by Gasteiger charge is 2.12. The highest BCUT2D eigenvalue weighted by molar-refractivity contribution is 5.91. The molecule has 0 atom stereocenters. The zero-order valence-corrected chi connectivity index (χ0v) is 11.2. The van der Waals surface area contributed by atoms with E-state index in [2.05, 4.69) is 4.98 Å². The molecule has 0 aliphatic carbocycles. The van der Waals surface area contributed by atoms with Gasteiger partial charge in [-0.25, -0.2) is 4.79 Å². The van der Waals surface area contributed by atoms with Gasteiger partial charge in [0.1, 0.15) is 0 Å². The normalized spacial score (nSPS) is 10.3. The van der Waals surface area contributed by atoms with Crippen LogP contribution in [0.25, 0.3) is 22.4 Å². The Morgan fingerprint density at radius 3 is 2.00 bits per heavy atom. The first-order valence-corrected chi connectivity index (χ1v) is 6.60. The molecule has 0 aliphatic heterocycles. The number of carbonyl (C=O) groups is 1. The Hall–Kier alpha value is -2.94. The molecule has 0 unspecified atom stereocenters. The number of nitrogens with zero attached hydrogens (tertiary/aromatic N) is 1. The summed E-state index contributed by atoms with van der Waals surface area (Å²) in [5, 5.41) is 9.18. The molecule has 0 saturated heterocycles. The number of carboxylic acid groups (broad SMARTS) is 1. The van der Waals surface area contributed by atoms with E-state index in [0.29, 0.717) is 0 Å². The van der Waals surface area contributed by atoms with Crippen molar-refractivity contribution in [2.75, 3.05) is 0 Å². The van der Waals surface area contributed by atoms with Gasteiger partial charge in [-0.15, -0.1) is 0 Å². The van der Waals surface area contributed by atoms with Crippen LogP contribution in [0.1, 0.15) is 10.4 Å². The van der Waals surface area contributed by atoms with Gasteiger partial charge < -0.3 is 5.11 Å². The van der Waals surface area contributed by atoms with E-state index < -0.39 is 5.97 Å². The number of hydrogen-bond acceptors (Lipinski definition) is 2. The lowest BCUT2D eigenvalue weighted by Gasteiger charge is -2.10. The summed E-state index contributed by atoms with van der Waals surface area (Å²) < 4.78 is 0. The van der Waals surface area contributed by atoms with Crippen molar-refractivity contribution in [3.05, 3.63) is 78.5 Å². The molecule has 102 valence electrons. The van der Waals surface area contributed by atoms with E-state index in [4.69, 9.17) is 0 Å². The first kappa shape index (κ1) is 13.1. The first-order valence-electron chi connectivity index (χ1n) is 6.60. The van der Waals surface area contributed by atoms with Crippen LogP contribution in [-0.4, -0.2) is 16.1 Å². The van der Waals surface area contributed by atoms with Crippen molar-refractivity contribution in [2.24, 2.45) is 0 Å². The van der Waals surface area contributed by atoms with Crippen LogP contribution in [0.5, 0.6) is 0 Å². The number of pyridine rings is 1. The maximum Gasteiger partial charge on any atom is 0.337 e. The lowest BCUT2D eigenvalue weighted by Crippen LogP contribution is -1.99. The van der Waals surface area contributed by atoms with Gasteiger partial charge >= 0.3 is 5.97 Å². The van der Waals surface area contributed by atoms with Gasteiger partial charge in [0.05, 0.1) is 11.3 Å². The monoisotopic (exact) mass is 275 g/mol. The van der Waals surface area contributed by atoms with Gasteiger partial charge in [-0.1, -0.05) is 60.7 Å². The smallest absolute Gasteiger partial charge is 0.337 e. The summed E-state index contributed by atoms with van der Waals surface area (Å²) >= 11 is 0. The van der Waals surface area contributed by atoms with E-state index in [1.807, 2.05) is 60.7 Å². The summed E-state index contributed by atoms with van der Waals surface area (Å²) in [6.45, 7) is 0. The van der Waals surface area contributed by atoms with Crippen molar-refractivity contribution in [1.29, 1.82) is 0 Å². The van der Waals surface area contributed by atoms with E-state index in [1.54, 1.807) is 6.07 Å². The quantitative estimate of drug-likeness (QED) is 0.782. The van der Waals surface area contributed by atoms with Gasteiger partial charge in [-0.05, 0) is 11.6 Å². The van der Waals surface area contributed by atoms with Gasteiger partial charge in [0.2, 0.25) is 0 Å². The Kier molecular flexibility index (Phi) is 3.48. The molecule has 0 saturated carbocycles. The summed E-state index contributed by atoms with van der Waals surface area (Å²) in [5.41, 5.74) is 3.71. The average Bonchev–Trinajstić information content (AvgIpc) is 2.56. The number of aromatic carboxylic acids is 1. The number of aromatic nitrogens is 1.